The second kappa shape index (κ2) is 6.43. The zero-order valence-corrected chi connectivity index (χ0v) is 12.9. The molecule has 1 saturated heterocycles. The number of halogens is 1. The molecule has 1 fully saturated rings. The van der Waals surface area contributed by atoms with E-state index in [4.69, 9.17) is 16.7 Å². The number of carboxylic acid groups (broad SMARTS) is 1. The normalized spacial score (nSPS) is 18.9. The number of carboxylic acids is 1. The summed E-state index contributed by atoms with van der Waals surface area (Å²) in [7, 11) is 0. The minimum absolute atomic E-state index is 0.170. The molecule has 2 rings (SSSR count). The van der Waals surface area contributed by atoms with Crippen LogP contribution in [0.2, 0.25) is 5.15 Å². The second-order valence-electron chi connectivity index (χ2n) is 5.69. The van der Waals surface area contributed by atoms with E-state index in [9.17, 15) is 9.59 Å². The molecule has 1 aliphatic heterocycles. The number of carbonyl (C=O) groups excluding carboxylic acids is 1. The third-order valence-corrected chi connectivity index (χ3v) is 3.90. The Balaban J connectivity index is 2.21. The standard InChI is InChI=1S/C15H19ClN2O3/c1-9(2)12-6-11(7-13(16)17-12)14(19)18-5-3-4-10(8-18)15(20)21/h6-7,9-10H,3-5,8H2,1-2H3,(H,20,21)/t10-/m0/s1. The van der Waals surface area contributed by atoms with Crippen LogP contribution in [0.25, 0.3) is 0 Å². The van der Waals surface area contributed by atoms with Crippen LogP contribution >= 0.6 is 11.6 Å². The van der Waals surface area contributed by atoms with Crippen molar-refractivity contribution in [2.75, 3.05) is 13.1 Å². The predicted octanol–water partition coefficient (Wildman–Crippen LogP) is 2.80. The number of aliphatic carboxylic acids is 1. The first-order chi connectivity index (χ1) is 9.88. The third kappa shape index (κ3) is 3.73. The highest BCUT2D eigenvalue weighted by atomic mass is 35.5. The van der Waals surface area contributed by atoms with Crippen LogP contribution in [0.5, 0.6) is 0 Å². The van der Waals surface area contributed by atoms with Gasteiger partial charge in [0.2, 0.25) is 0 Å². The number of nitrogens with zero attached hydrogens (tertiary/aromatic N) is 2. The molecule has 0 bridgehead atoms. The van der Waals surface area contributed by atoms with Crippen LogP contribution in [-0.4, -0.2) is 40.0 Å². The Morgan fingerprint density at radius 3 is 2.76 bits per heavy atom. The lowest BCUT2D eigenvalue weighted by Gasteiger charge is -2.30. The molecule has 0 aromatic carbocycles. The van der Waals surface area contributed by atoms with Gasteiger partial charge in [-0.05, 0) is 30.9 Å². The number of rotatable bonds is 3. The van der Waals surface area contributed by atoms with Crippen LogP contribution in [0.4, 0.5) is 0 Å². The minimum Gasteiger partial charge on any atom is -0.481 e. The molecule has 21 heavy (non-hydrogen) atoms. The van der Waals surface area contributed by atoms with Crippen molar-refractivity contribution in [1.29, 1.82) is 0 Å². The number of piperidine rings is 1. The van der Waals surface area contributed by atoms with Crippen molar-refractivity contribution in [3.05, 3.63) is 28.5 Å². The summed E-state index contributed by atoms with van der Waals surface area (Å²) in [6, 6.07) is 3.28. The number of hydrogen-bond donors (Lipinski definition) is 1. The van der Waals surface area contributed by atoms with Gasteiger partial charge in [0.15, 0.2) is 0 Å². The molecule has 0 saturated carbocycles. The first-order valence-corrected chi connectivity index (χ1v) is 7.46. The summed E-state index contributed by atoms with van der Waals surface area (Å²) in [4.78, 5) is 29.4. The zero-order valence-electron chi connectivity index (χ0n) is 12.2. The maximum atomic E-state index is 12.5. The van der Waals surface area contributed by atoms with Gasteiger partial charge in [0.1, 0.15) is 5.15 Å². The average molecular weight is 311 g/mol. The molecule has 1 aromatic heterocycles. The Morgan fingerprint density at radius 1 is 1.43 bits per heavy atom. The van der Waals surface area contributed by atoms with E-state index in [1.54, 1.807) is 17.0 Å². The summed E-state index contributed by atoms with van der Waals surface area (Å²) in [5.74, 6) is -1.33. The summed E-state index contributed by atoms with van der Waals surface area (Å²) in [5.41, 5.74) is 1.24. The van der Waals surface area contributed by atoms with Crippen LogP contribution in [0.15, 0.2) is 12.1 Å². The minimum atomic E-state index is -0.844. The molecular weight excluding hydrogens is 292 g/mol. The summed E-state index contributed by atoms with van der Waals surface area (Å²) in [5, 5.41) is 9.39. The maximum Gasteiger partial charge on any atom is 0.308 e. The monoisotopic (exact) mass is 310 g/mol. The lowest BCUT2D eigenvalue weighted by atomic mass is 9.97. The molecule has 0 unspecified atom stereocenters. The second-order valence-corrected chi connectivity index (χ2v) is 6.07. The van der Waals surface area contributed by atoms with Gasteiger partial charge in [-0.1, -0.05) is 25.4 Å². The van der Waals surface area contributed by atoms with E-state index in [2.05, 4.69) is 4.98 Å². The van der Waals surface area contributed by atoms with Gasteiger partial charge in [-0.25, -0.2) is 4.98 Å². The van der Waals surface area contributed by atoms with Gasteiger partial charge in [-0.15, -0.1) is 0 Å². The molecular formula is C15H19ClN2O3. The fraction of sp³-hybridized carbons (Fsp3) is 0.533. The van der Waals surface area contributed by atoms with E-state index in [-0.39, 0.29) is 23.5 Å². The molecule has 0 spiro atoms. The third-order valence-electron chi connectivity index (χ3n) is 3.71. The number of pyridine rings is 1. The van der Waals surface area contributed by atoms with E-state index in [1.165, 1.54) is 0 Å². The number of hydrogen-bond acceptors (Lipinski definition) is 3. The van der Waals surface area contributed by atoms with Crippen LogP contribution in [0, 0.1) is 5.92 Å². The topological polar surface area (TPSA) is 70.5 Å². The first-order valence-electron chi connectivity index (χ1n) is 7.08. The van der Waals surface area contributed by atoms with Crippen molar-refractivity contribution in [2.45, 2.75) is 32.6 Å². The first kappa shape index (κ1) is 15.8. The van der Waals surface area contributed by atoms with Gasteiger partial charge in [0.25, 0.3) is 5.91 Å². The summed E-state index contributed by atoms with van der Waals surface area (Å²) < 4.78 is 0. The Morgan fingerprint density at radius 2 is 2.14 bits per heavy atom. The van der Waals surface area contributed by atoms with Crippen molar-refractivity contribution < 1.29 is 14.7 Å². The van der Waals surface area contributed by atoms with Crippen molar-refractivity contribution in [1.82, 2.24) is 9.88 Å². The van der Waals surface area contributed by atoms with Gasteiger partial charge in [0, 0.05) is 24.3 Å². The van der Waals surface area contributed by atoms with E-state index < -0.39 is 11.9 Å². The Labute approximate surface area is 128 Å². The molecule has 1 N–H and O–H groups in total. The molecule has 2 heterocycles. The van der Waals surface area contributed by atoms with Crippen LogP contribution < -0.4 is 0 Å². The molecule has 1 amide bonds. The lowest BCUT2D eigenvalue weighted by Crippen LogP contribution is -2.42. The number of likely N-dealkylation sites (tertiary alicyclic amines) is 1. The van der Waals surface area contributed by atoms with Crippen molar-refractivity contribution in [3.8, 4) is 0 Å². The highest BCUT2D eigenvalue weighted by Crippen LogP contribution is 2.22. The average Bonchev–Trinajstić information content (AvgIpc) is 2.45. The largest absolute Gasteiger partial charge is 0.481 e. The molecule has 5 nitrogen and oxygen atoms in total. The summed E-state index contributed by atoms with van der Waals surface area (Å²) in [6.45, 7) is 4.80. The van der Waals surface area contributed by atoms with Crippen molar-refractivity contribution >= 4 is 23.5 Å². The van der Waals surface area contributed by atoms with E-state index in [0.29, 0.717) is 24.9 Å². The van der Waals surface area contributed by atoms with Gasteiger partial charge in [0.05, 0.1) is 5.92 Å². The van der Waals surface area contributed by atoms with Crippen LogP contribution in [0.1, 0.15) is 48.7 Å². The molecule has 0 aliphatic carbocycles. The maximum absolute atomic E-state index is 12.5. The Hall–Kier alpha value is -1.62. The fourth-order valence-electron chi connectivity index (χ4n) is 2.48. The van der Waals surface area contributed by atoms with Crippen molar-refractivity contribution in [2.24, 2.45) is 5.92 Å². The molecule has 0 radical (unpaired) electrons. The molecule has 114 valence electrons. The molecule has 1 atom stereocenters. The van der Waals surface area contributed by atoms with E-state index in [0.717, 1.165) is 5.69 Å². The lowest BCUT2D eigenvalue weighted by molar-refractivity contribution is -0.143. The van der Waals surface area contributed by atoms with Gasteiger partial charge < -0.3 is 10.0 Å². The summed E-state index contributed by atoms with van der Waals surface area (Å²) >= 11 is 5.98. The Kier molecular flexibility index (Phi) is 4.83. The van der Waals surface area contributed by atoms with E-state index >= 15 is 0 Å². The molecule has 6 heteroatoms. The highest BCUT2D eigenvalue weighted by Gasteiger charge is 2.29. The van der Waals surface area contributed by atoms with Gasteiger partial charge in [-0.2, -0.15) is 0 Å². The SMILES string of the molecule is CC(C)c1cc(C(=O)N2CCC[C@H](C(=O)O)C2)cc(Cl)n1. The number of amides is 1. The quantitative estimate of drug-likeness (QED) is 0.871. The van der Waals surface area contributed by atoms with Crippen LogP contribution in [-0.2, 0) is 4.79 Å². The number of carbonyl (C=O) groups is 2. The fourth-order valence-corrected chi connectivity index (χ4v) is 2.70. The highest BCUT2D eigenvalue weighted by molar-refractivity contribution is 6.29. The smallest absolute Gasteiger partial charge is 0.308 e. The molecule has 1 aliphatic rings. The van der Waals surface area contributed by atoms with Crippen molar-refractivity contribution in [3.63, 3.8) is 0 Å². The predicted molar refractivity (Wildman–Crippen MR) is 79.6 cm³/mol. The zero-order chi connectivity index (χ0) is 15.6. The van der Waals surface area contributed by atoms with Gasteiger partial charge in [-0.3, -0.25) is 9.59 Å². The molecule has 1 aromatic rings. The van der Waals surface area contributed by atoms with Gasteiger partial charge >= 0.3 is 5.97 Å². The number of aromatic nitrogens is 1. The van der Waals surface area contributed by atoms with E-state index in [1.807, 2.05) is 13.8 Å². The Bertz CT molecular complexity index is 560. The van der Waals surface area contributed by atoms with Crippen LogP contribution in [0.3, 0.4) is 0 Å². The summed E-state index contributed by atoms with van der Waals surface area (Å²) in [6.07, 6.45) is 1.33.